The molecule has 0 spiro atoms. The summed E-state index contributed by atoms with van der Waals surface area (Å²) in [6.07, 6.45) is 1.13. The highest BCUT2D eigenvalue weighted by Crippen LogP contribution is 2.43. The van der Waals surface area contributed by atoms with E-state index in [9.17, 15) is 17.6 Å². The molecule has 0 bridgehead atoms. The average Bonchev–Trinajstić information content (AvgIpc) is 2.56. The van der Waals surface area contributed by atoms with Gasteiger partial charge in [0.15, 0.2) is 5.60 Å². The fraction of sp³-hybridized carbons (Fsp3) is 0.316. The van der Waals surface area contributed by atoms with Gasteiger partial charge in [0.2, 0.25) is 10.0 Å². The minimum atomic E-state index is -3.45. The van der Waals surface area contributed by atoms with E-state index in [0.717, 1.165) is 6.26 Å². The first-order valence-corrected chi connectivity index (χ1v) is 10.3. The number of rotatable bonds is 4. The summed E-state index contributed by atoms with van der Waals surface area (Å²) in [5.41, 5.74) is 0.256. The van der Waals surface area contributed by atoms with Gasteiger partial charge in [0, 0.05) is 18.3 Å². The highest BCUT2D eigenvalue weighted by atomic mass is 32.2. The first-order chi connectivity index (χ1) is 12.5. The lowest BCUT2D eigenvalue weighted by atomic mass is 10.0. The third-order valence-corrected chi connectivity index (χ3v) is 5.60. The number of sulfonamides is 1. The number of benzene rings is 2. The second-order valence-corrected chi connectivity index (χ2v) is 8.72. The molecule has 0 atom stereocenters. The largest absolute Gasteiger partial charge is 0.476 e. The molecule has 1 aliphatic heterocycles. The number of carbonyl (C=O) groups is 1. The van der Waals surface area contributed by atoms with Crippen LogP contribution in [0.25, 0.3) is 0 Å². The van der Waals surface area contributed by atoms with Crippen molar-refractivity contribution in [2.75, 3.05) is 22.0 Å². The van der Waals surface area contributed by atoms with Crippen molar-refractivity contribution in [1.82, 2.24) is 0 Å². The van der Waals surface area contributed by atoms with E-state index in [1.54, 1.807) is 39.0 Å². The van der Waals surface area contributed by atoms with Gasteiger partial charge in [-0.05, 0) is 57.2 Å². The Balaban J connectivity index is 2.15. The van der Waals surface area contributed by atoms with Gasteiger partial charge >= 0.3 is 0 Å². The lowest BCUT2D eigenvalue weighted by molar-refractivity contribution is -0.131. The van der Waals surface area contributed by atoms with Crippen LogP contribution in [0.2, 0.25) is 0 Å². The van der Waals surface area contributed by atoms with Crippen LogP contribution >= 0.6 is 0 Å². The van der Waals surface area contributed by atoms with Gasteiger partial charge in [0.1, 0.15) is 11.6 Å². The Kier molecular flexibility index (Phi) is 4.63. The summed E-state index contributed by atoms with van der Waals surface area (Å²) < 4.78 is 44.4. The topological polar surface area (TPSA) is 66.9 Å². The molecule has 0 fully saturated rings. The van der Waals surface area contributed by atoms with E-state index in [4.69, 9.17) is 4.74 Å². The molecule has 0 saturated heterocycles. The van der Waals surface area contributed by atoms with E-state index in [0.29, 0.717) is 22.8 Å². The van der Waals surface area contributed by atoms with Gasteiger partial charge in [-0.2, -0.15) is 0 Å². The zero-order valence-electron chi connectivity index (χ0n) is 15.6. The van der Waals surface area contributed by atoms with Crippen LogP contribution < -0.4 is 13.9 Å². The number of nitrogens with zero attached hydrogens (tertiary/aromatic N) is 2. The van der Waals surface area contributed by atoms with Crippen LogP contribution in [-0.4, -0.2) is 32.7 Å². The SMILES string of the molecule is CCN(c1ccc2c(c1)OC(C)(C)C(=O)N2c1ccc(F)cc1)S(C)(=O)=O. The molecular weight excluding hydrogens is 371 g/mol. The van der Waals surface area contributed by atoms with Crippen LogP contribution in [0.4, 0.5) is 21.5 Å². The highest BCUT2D eigenvalue weighted by Gasteiger charge is 2.42. The smallest absolute Gasteiger partial charge is 0.275 e. The Labute approximate surface area is 158 Å². The Morgan fingerprint density at radius 3 is 2.33 bits per heavy atom. The Bertz CT molecular complexity index is 987. The summed E-state index contributed by atoms with van der Waals surface area (Å²) in [6, 6.07) is 10.4. The van der Waals surface area contributed by atoms with Crippen molar-refractivity contribution in [2.24, 2.45) is 0 Å². The van der Waals surface area contributed by atoms with Crippen molar-refractivity contribution in [3.63, 3.8) is 0 Å². The maximum atomic E-state index is 13.3. The van der Waals surface area contributed by atoms with Gasteiger partial charge in [-0.1, -0.05) is 0 Å². The maximum Gasteiger partial charge on any atom is 0.275 e. The molecule has 0 radical (unpaired) electrons. The molecule has 0 aromatic heterocycles. The summed E-state index contributed by atoms with van der Waals surface area (Å²) in [7, 11) is -3.45. The predicted octanol–water partition coefficient (Wildman–Crippen LogP) is 3.45. The van der Waals surface area contributed by atoms with E-state index >= 15 is 0 Å². The van der Waals surface area contributed by atoms with E-state index in [2.05, 4.69) is 0 Å². The molecule has 0 unspecified atom stereocenters. The summed E-state index contributed by atoms with van der Waals surface area (Å²) >= 11 is 0. The van der Waals surface area contributed by atoms with E-state index in [-0.39, 0.29) is 12.5 Å². The second-order valence-electron chi connectivity index (χ2n) is 6.81. The molecule has 3 rings (SSSR count). The predicted molar refractivity (Wildman–Crippen MR) is 103 cm³/mol. The number of amides is 1. The third-order valence-electron chi connectivity index (χ3n) is 4.33. The molecule has 2 aromatic carbocycles. The van der Waals surface area contributed by atoms with Crippen LogP contribution in [0.3, 0.4) is 0 Å². The molecule has 2 aromatic rings. The Morgan fingerprint density at radius 1 is 1.15 bits per heavy atom. The van der Waals surface area contributed by atoms with E-state index < -0.39 is 21.4 Å². The summed E-state index contributed by atoms with van der Waals surface area (Å²) in [5.74, 6) is -0.325. The Hall–Kier alpha value is -2.61. The van der Waals surface area contributed by atoms with Crippen LogP contribution in [-0.2, 0) is 14.8 Å². The van der Waals surface area contributed by atoms with E-state index in [1.807, 2.05) is 0 Å². The van der Waals surface area contributed by atoms with Crippen LogP contribution in [0.5, 0.6) is 5.75 Å². The monoisotopic (exact) mass is 392 g/mol. The average molecular weight is 392 g/mol. The molecule has 0 aliphatic carbocycles. The van der Waals surface area contributed by atoms with Crippen molar-refractivity contribution in [1.29, 1.82) is 0 Å². The molecule has 1 amide bonds. The minimum Gasteiger partial charge on any atom is -0.476 e. The first-order valence-electron chi connectivity index (χ1n) is 8.45. The molecule has 1 heterocycles. The van der Waals surface area contributed by atoms with Gasteiger partial charge < -0.3 is 4.74 Å². The fourth-order valence-electron chi connectivity index (χ4n) is 3.08. The van der Waals surface area contributed by atoms with Crippen LogP contribution in [0, 0.1) is 5.82 Å². The molecule has 0 saturated carbocycles. The second kappa shape index (κ2) is 6.53. The van der Waals surface area contributed by atoms with Gasteiger partial charge in [0.25, 0.3) is 5.91 Å². The van der Waals surface area contributed by atoms with Gasteiger partial charge in [-0.25, -0.2) is 12.8 Å². The quantitative estimate of drug-likeness (QED) is 0.799. The van der Waals surface area contributed by atoms with Gasteiger partial charge in [-0.3, -0.25) is 14.0 Å². The van der Waals surface area contributed by atoms with Crippen LogP contribution in [0.1, 0.15) is 20.8 Å². The number of ether oxygens (including phenoxy) is 1. The number of carbonyl (C=O) groups excluding carboxylic acids is 1. The molecule has 8 heteroatoms. The Morgan fingerprint density at radius 2 is 1.78 bits per heavy atom. The number of hydrogen-bond donors (Lipinski definition) is 0. The summed E-state index contributed by atoms with van der Waals surface area (Å²) in [6.45, 7) is 5.27. The molecule has 27 heavy (non-hydrogen) atoms. The van der Waals surface area contributed by atoms with Crippen LogP contribution in [0.15, 0.2) is 42.5 Å². The standard InChI is InChI=1S/C19H21FN2O4S/c1-5-21(27(4,24)25)15-10-11-16-17(12-15)26-19(2,3)18(23)22(16)14-8-6-13(20)7-9-14/h6-12H,5H2,1-4H3. The maximum absolute atomic E-state index is 13.3. The lowest BCUT2D eigenvalue weighted by Crippen LogP contribution is -2.50. The fourth-order valence-corrected chi connectivity index (χ4v) is 4.04. The van der Waals surface area contributed by atoms with Gasteiger partial charge in [-0.15, -0.1) is 0 Å². The lowest BCUT2D eigenvalue weighted by Gasteiger charge is -2.39. The molecule has 144 valence electrons. The highest BCUT2D eigenvalue weighted by molar-refractivity contribution is 7.92. The zero-order chi connectivity index (χ0) is 20.0. The minimum absolute atomic E-state index is 0.265. The number of anilines is 3. The van der Waals surface area contributed by atoms with Crippen molar-refractivity contribution < 1.29 is 22.3 Å². The first kappa shape index (κ1) is 19.2. The zero-order valence-corrected chi connectivity index (χ0v) is 16.4. The molecular formula is C19H21FN2O4S. The molecule has 6 nitrogen and oxygen atoms in total. The van der Waals surface area contributed by atoms with Crippen molar-refractivity contribution in [3.05, 3.63) is 48.3 Å². The van der Waals surface area contributed by atoms with Crippen molar-refractivity contribution in [3.8, 4) is 5.75 Å². The van der Waals surface area contributed by atoms with Crippen molar-refractivity contribution in [2.45, 2.75) is 26.4 Å². The van der Waals surface area contributed by atoms with Crippen molar-refractivity contribution >= 4 is 33.0 Å². The van der Waals surface area contributed by atoms with Gasteiger partial charge in [0.05, 0.1) is 17.6 Å². The van der Waals surface area contributed by atoms with E-state index in [1.165, 1.54) is 33.5 Å². The molecule has 0 N–H and O–H groups in total. The number of halogens is 1. The normalized spacial score (nSPS) is 15.9. The summed E-state index contributed by atoms with van der Waals surface area (Å²) in [5, 5.41) is 0. The molecule has 1 aliphatic rings. The number of fused-ring (bicyclic) bond motifs is 1. The summed E-state index contributed by atoms with van der Waals surface area (Å²) in [4.78, 5) is 14.4. The third kappa shape index (κ3) is 3.49. The number of hydrogen-bond acceptors (Lipinski definition) is 4.